The van der Waals surface area contributed by atoms with Crippen LogP contribution in [0.2, 0.25) is 0 Å². The van der Waals surface area contributed by atoms with Crippen molar-refractivity contribution < 1.29 is 8.42 Å². The minimum Gasteiger partial charge on any atom is -0.261 e. The van der Waals surface area contributed by atoms with Crippen molar-refractivity contribution in [3.05, 3.63) is 53.9 Å². The maximum absolute atomic E-state index is 11.6. The minimum absolute atomic E-state index is 0.0366. The van der Waals surface area contributed by atoms with Crippen LogP contribution in [0.25, 0.3) is 12.2 Å². The van der Waals surface area contributed by atoms with Crippen molar-refractivity contribution in [2.45, 2.75) is 12.5 Å². The third-order valence-electron chi connectivity index (χ3n) is 3.50. The topological polar surface area (TPSA) is 52.0 Å². The fraction of sp³-hybridized carbons (Fsp3) is 0.267. The number of sulfone groups is 1. The van der Waals surface area contributed by atoms with Gasteiger partial charge in [-0.2, -0.15) is 5.10 Å². The van der Waals surface area contributed by atoms with Gasteiger partial charge in [0.2, 0.25) is 0 Å². The predicted molar refractivity (Wildman–Crippen MR) is 79.9 cm³/mol. The third-order valence-corrected chi connectivity index (χ3v) is 5.25. The lowest BCUT2D eigenvalue weighted by Gasteiger charge is -2.10. The molecule has 104 valence electrons. The third kappa shape index (κ3) is 2.82. The van der Waals surface area contributed by atoms with Crippen LogP contribution in [-0.4, -0.2) is 29.7 Å². The number of benzene rings is 1. The Kier molecular flexibility index (Phi) is 3.44. The molecular formula is C15H16N2O2S. The molecule has 0 radical (unpaired) electrons. The molecule has 5 heteroatoms. The van der Waals surface area contributed by atoms with Gasteiger partial charge in [0.15, 0.2) is 9.84 Å². The zero-order valence-electron chi connectivity index (χ0n) is 11.0. The van der Waals surface area contributed by atoms with Crippen LogP contribution < -0.4 is 0 Å². The lowest BCUT2D eigenvalue weighted by atomic mass is 10.2. The highest BCUT2D eigenvalue weighted by molar-refractivity contribution is 7.91. The molecule has 0 saturated carbocycles. The lowest BCUT2D eigenvalue weighted by Crippen LogP contribution is -2.13. The van der Waals surface area contributed by atoms with Gasteiger partial charge in [0, 0.05) is 6.20 Å². The van der Waals surface area contributed by atoms with Gasteiger partial charge in [-0.1, -0.05) is 36.4 Å². The van der Waals surface area contributed by atoms with E-state index in [2.05, 4.69) is 5.10 Å². The summed E-state index contributed by atoms with van der Waals surface area (Å²) in [5, 5.41) is 4.28. The molecule has 0 amide bonds. The van der Waals surface area contributed by atoms with E-state index in [-0.39, 0.29) is 17.5 Å². The zero-order chi connectivity index (χ0) is 14.0. The van der Waals surface area contributed by atoms with E-state index in [1.165, 1.54) is 0 Å². The van der Waals surface area contributed by atoms with E-state index in [4.69, 9.17) is 0 Å². The molecule has 0 N–H and O–H groups in total. The van der Waals surface area contributed by atoms with Crippen LogP contribution in [-0.2, 0) is 9.84 Å². The van der Waals surface area contributed by atoms with Gasteiger partial charge in [-0.15, -0.1) is 0 Å². The molecule has 1 atom stereocenters. The highest BCUT2D eigenvalue weighted by Gasteiger charge is 2.30. The first-order valence-corrected chi connectivity index (χ1v) is 8.43. The van der Waals surface area contributed by atoms with E-state index in [9.17, 15) is 8.42 Å². The summed E-state index contributed by atoms with van der Waals surface area (Å²) in [6, 6.07) is 11.9. The molecule has 1 saturated heterocycles. The molecule has 1 aromatic heterocycles. The Morgan fingerprint density at radius 3 is 2.65 bits per heavy atom. The van der Waals surface area contributed by atoms with Gasteiger partial charge >= 0.3 is 0 Å². The highest BCUT2D eigenvalue weighted by atomic mass is 32.2. The maximum atomic E-state index is 11.6. The number of hydrogen-bond donors (Lipinski definition) is 0. The van der Waals surface area contributed by atoms with Gasteiger partial charge in [-0.3, -0.25) is 4.68 Å². The van der Waals surface area contributed by atoms with E-state index in [1.54, 1.807) is 6.20 Å². The summed E-state index contributed by atoms with van der Waals surface area (Å²) < 4.78 is 25.0. The fourth-order valence-electron chi connectivity index (χ4n) is 2.48. The van der Waals surface area contributed by atoms with Crippen molar-refractivity contribution >= 4 is 22.0 Å². The molecule has 4 nitrogen and oxygen atoms in total. The summed E-state index contributed by atoms with van der Waals surface area (Å²) in [6.45, 7) is 0. The van der Waals surface area contributed by atoms with Crippen LogP contribution in [0.15, 0.2) is 42.6 Å². The van der Waals surface area contributed by atoms with E-state index in [1.807, 2.05) is 53.2 Å². The van der Waals surface area contributed by atoms with Crippen molar-refractivity contribution in [2.24, 2.45) is 0 Å². The van der Waals surface area contributed by atoms with Gasteiger partial charge in [0.05, 0.1) is 23.2 Å². The average molecular weight is 288 g/mol. The molecule has 3 rings (SSSR count). The first kappa shape index (κ1) is 13.1. The van der Waals surface area contributed by atoms with Crippen LogP contribution in [0.3, 0.4) is 0 Å². The number of hydrogen-bond acceptors (Lipinski definition) is 3. The van der Waals surface area contributed by atoms with Gasteiger partial charge in [-0.25, -0.2) is 8.42 Å². The average Bonchev–Trinajstić information content (AvgIpc) is 3.03. The van der Waals surface area contributed by atoms with Gasteiger partial charge in [0.25, 0.3) is 0 Å². The Labute approximate surface area is 118 Å². The molecule has 20 heavy (non-hydrogen) atoms. The molecule has 2 heterocycles. The first-order valence-electron chi connectivity index (χ1n) is 6.61. The van der Waals surface area contributed by atoms with Crippen molar-refractivity contribution in [3.63, 3.8) is 0 Å². The normalized spacial score (nSPS) is 21.5. The summed E-state index contributed by atoms with van der Waals surface area (Å²) in [5.41, 5.74) is 2.05. The number of rotatable bonds is 3. The van der Waals surface area contributed by atoms with Crippen molar-refractivity contribution in [1.82, 2.24) is 9.78 Å². The van der Waals surface area contributed by atoms with Crippen molar-refractivity contribution in [1.29, 1.82) is 0 Å². The molecule has 0 spiro atoms. The summed E-state index contributed by atoms with van der Waals surface area (Å²) in [4.78, 5) is 0. The summed E-state index contributed by atoms with van der Waals surface area (Å²) in [5.74, 6) is 0.459. The Morgan fingerprint density at radius 2 is 1.95 bits per heavy atom. The summed E-state index contributed by atoms with van der Waals surface area (Å²) in [6.07, 6.45) is 6.36. The van der Waals surface area contributed by atoms with E-state index >= 15 is 0 Å². The van der Waals surface area contributed by atoms with Crippen LogP contribution in [0.4, 0.5) is 0 Å². The fourth-order valence-corrected chi connectivity index (χ4v) is 4.17. The Balaban J connectivity index is 1.83. The maximum Gasteiger partial charge on any atom is 0.152 e. The molecule has 1 fully saturated rings. The molecule has 0 aliphatic carbocycles. The van der Waals surface area contributed by atoms with Crippen LogP contribution in [0, 0.1) is 0 Å². The Morgan fingerprint density at radius 1 is 1.15 bits per heavy atom. The second-order valence-electron chi connectivity index (χ2n) is 5.00. The second kappa shape index (κ2) is 5.25. The van der Waals surface area contributed by atoms with E-state index < -0.39 is 9.84 Å². The zero-order valence-corrected chi connectivity index (χ0v) is 11.8. The van der Waals surface area contributed by atoms with Crippen molar-refractivity contribution in [2.75, 3.05) is 11.5 Å². The smallest absolute Gasteiger partial charge is 0.152 e. The summed E-state index contributed by atoms with van der Waals surface area (Å²) in [7, 11) is -2.89. The number of nitrogens with zero attached hydrogens (tertiary/aromatic N) is 2. The van der Waals surface area contributed by atoms with Gasteiger partial charge < -0.3 is 0 Å². The highest BCUT2D eigenvalue weighted by Crippen LogP contribution is 2.24. The standard InChI is InChI=1S/C15H16N2O2S/c18-20(19)11-9-15(12-20)17-14(8-10-16-17)7-6-13-4-2-1-3-5-13/h1-8,10,15H,9,11-12H2/b7-6+/t15-/m0/s1. The second-order valence-corrected chi connectivity index (χ2v) is 7.23. The van der Waals surface area contributed by atoms with Crippen LogP contribution in [0.5, 0.6) is 0 Å². The summed E-state index contributed by atoms with van der Waals surface area (Å²) >= 11 is 0. The van der Waals surface area contributed by atoms with Gasteiger partial charge in [0.1, 0.15) is 0 Å². The first-order chi connectivity index (χ1) is 9.64. The molecular weight excluding hydrogens is 272 g/mol. The molecule has 1 aliphatic heterocycles. The predicted octanol–water partition coefficient (Wildman–Crippen LogP) is 2.41. The minimum atomic E-state index is -2.89. The monoisotopic (exact) mass is 288 g/mol. The largest absolute Gasteiger partial charge is 0.261 e. The van der Waals surface area contributed by atoms with Crippen LogP contribution >= 0.6 is 0 Å². The molecule has 1 aliphatic rings. The molecule has 0 bridgehead atoms. The van der Waals surface area contributed by atoms with Gasteiger partial charge in [-0.05, 0) is 24.1 Å². The van der Waals surface area contributed by atoms with Crippen molar-refractivity contribution in [3.8, 4) is 0 Å². The van der Waals surface area contributed by atoms with E-state index in [0.29, 0.717) is 6.42 Å². The van der Waals surface area contributed by atoms with Crippen LogP contribution in [0.1, 0.15) is 23.7 Å². The Bertz CT molecular complexity index is 717. The van der Waals surface area contributed by atoms with E-state index in [0.717, 1.165) is 11.3 Å². The number of aromatic nitrogens is 2. The lowest BCUT2D eigenvalue weighted by molar-refractivity contribution is 0.496. The quantitative estimate of drug-likeness (QED) is 0.871. The molecule has 1 aromatic carbocycles. The Hall–Kier alpha value is -1.88. The molecule has 0 unspecified atom stereocenters. The molecule has 2 aromatic rings. The SMILES string of the molecule is O=S1(=O)CC[C@H](n2nccc2/C=C/c2ccccc2)C1.